The van der Waals surface area contributed by atoms with Crippen LogP contribution in [0.25, 0.3) is 0 Å². The number of carbonyl (C=O) groups excluding carboxylic acids is 1. The predicted octanol–water partition coefficient (Wildman–Crippen LogP) is 2.24. The minimum Gasteiger partial charge on any atom is -0.463 e. The first-order chi connectivity index (χ1) is 6.85. The van der Waals surface area contributed by atoms with E-state index in [1.165, 1.54) is 0 Å². The smallest absolute Gasteiger partial charge is 0.352 e. The number of nitrogens with zero attached hydrogens (tertiary/aromatic N) is 1. The first-order valence-electron chi connectivity index (χ1n) is 5.10. The molecule has 0 aliphatic heterocycles. The number of nitriles is 1. The van der Waals surface area contributed by atoms with E-state index in [-0.39, 0.29) is 6.61 Å². The molecule has 4 nitrogen and oxygen atoms in total. The molecule has 86 valence electrons. The van der Waals surface area contributed by atoms with Crippen molar-refractivity contribution in [1.82, 2.24) is 0 Å². The molecule has 0 saturated heterocycles. The summed E-state index contributed by atoms with van der Waals surface area (Å²) in [6, 6.07) is 0. The summed E-state index contributed by atoms with van der Waals surface area (Å²) in [4.78, 5) is 11.8. The van der Waals surface area contributed by atoms with Gasteiger partial charge in [-0.3, -0.25) is 0 Å². The van der Waals surface area contributed by atoms with Crippen molar-refractivity contribution < 1.29 is 14.3 Å². The maximum atomic E-state index is 11.8. The van der Waals surface area contributed by atoms with E-state index >= 15 is 0 Å². The topological polar surface area (TPSA) is 59.3 Å². The highest BCUT2D eigenvalue weighted by Gasteiger charge is 2.51. The van der Waals surface area contributed by atoms with Gasteiger partial charge >= 0.3 is 5.97 Å². The van der Waals surface area contributed by atoms with Gasteiger partial charge in [0.1, 0.15) is 0 Å². The van der Waals surface area contributed by atoms with Crippen LogP contribution in [0.2, 0.25) is 0 Å². The Kier molecular flexibility index (Phi) is 4.60. The first-order valence-corrected chi connectivity index (χ1v) is 5.10. The quantitative estimate of drug-likeness (QED) is 0.531. The standard InChI is InChI=1S/C11H19NO3/c1-6-11(15-8-12,10(3,4)5)9(13)14-7-2/h6-7H2,1-5H3. The molecule has 0 aromatic heterocycles. The molecular formula is C11H19NO3. The lowest BCUT2D eigenvalue weighted by Gasteiger charge is -2.38. The molecule has 0 amide bonds. The zero-order valence-electron chi connectivity index (χ0n) is 10.1. The van der Waals surface area contributed by atoms with Crippen LogP contribution >= 0.6 is 0 Å². The lowest BCUT2D eigenvalue weighted by molar-refractivity contribution is -0.177. The lowest BCUT2D eigenvalue weighted by Crippen LogP contribution is -2.52. The number of rotatable bonds is 4. The molecule has 15 heavy (non-hydrogen) atoms. The lowest BCUT2D eigenvalue weighted by atomic mass is 9.74. The summed E-state index contributed by atoms with van der Waals surface area (Å²) in [5.74, 6) is -0.471. The van der Waals surface area contributed by atoms with Crippen LogP contribution in [0.5, 0.6) is 0 Å². The molecule has 0 radical (unpaired) electrons. The molecule has 0 fully saturated rings. The van der Waals surface area contributed by atoms with E-state index < -0.39 is 17.0 Å². The summed E-state index contributed by atoms with van der Waals surface area (Å²) in [6.07, 6.45) is 2.01. The van der Waals surface area contributed by atoms with E-state index in [9.17, 15) is 4.79 Å². The molecule has 0 N–H and O–H groups in total. The summed E-state index contributed by atoms with van der Waals surface area (Å²) in [6.45, 7) is 9.37. The highest BCUT2D eigenvalue weighted by Crippen LogP contribution is 2.37. The Morgan fingerprint density at radius 3 is 2.13 bits per heavy atom. The highest BCUT2D eigenvalue weighted by atomic mass is 16.6. The van der Waals surface area contributed by atoms with Gasteiger partial charge in [-0.15, -0.1) is 0 Å². The Labute approximate surface area is 91.2 Å². The summed E-state index contributed by atoms with van der Waals surface area (Å²) < 4.78 is 9.95. The molecule has 1 unspecified atom stereocenters. The number of esters is 1. The second-order valence-electron chi connectivity index (χ2n) is 4.34. The monoisotopic (exact) mass is 213 g/mol. The number of hydrogen-bond donors (Lipinski definition) is 0. The predicted molar refractivity (Wildman–Crippen MR) is 55.8 cm³/mol. The van der Waals surface area contributed by atoms with Crippen molar-refractivity contribution >= 4 is 5.97 Å². The van der Waals surface area contributed by atoms with Gasteiger partial charge in [-0.05, 0) is 13.3 Å². The van der Waals surface area contributed by atoms with Crippen LogP contribution in [0.3, 0.4) is 0 Å². The molecule has 1 atom stereocenters. The first kappa shape index (κ1) is 13.8. The van der Waals surface area contributed by atoms with Gasteiger partial charge in [0.05, 0.1) is 6.61 Å². The maximum Gasteiger partial charge on any atom is 0.352 e. The van der Waals surface area contributed by atoms with Crippen molar-refractivity contribution in [1.29, 1.82) is 5.26 Å². The molecule has 0 saturated carbocycles. The maximum absolute atomic E-state index is 11.8. The second kappa shape index (κ2) is 5.01. The Hall–Kier alpha value is -1.24. The van der Waals surface area contributed by atoms with Crippen LogP contribution in [0.1, 0.15) is 41.0 Å². The Morgan fingerprint density at radius 1 is 1.33 bits per heavy atom. The van der Waals surface area contributed by atoms with Crippen molar-refractivity contribution in [3.63, 3.8) is 0 Å². The fourth-order valence-corrected chi connectivity index (χ4v) is 1.57. The third-order valence-electron chi connectivity index (χ3n) is 2.53. The van der Waals surface area contributed by atoms with E-state index in [2.05, 4.69) is 0 Å². The third kappa shape index (κ3) is 2.62. The molecule has 4 heteroatoms. The number of carbonyl (C=O) groups is 1. The molecular weight excluding hydrogens is 194 g/mol. The van der Waals surface area contributed by atoms with E-state index in [4.69, 9.17) is 14.7 Å². The fraction of sp³-hybridized carbons (Fsp3) is 0.818. The van der Waals surface area contributed by atoms with Crippen molar-refractivity contribution in [3.8, 4) is 6.26 Å². The largest absolute Gasteiger partial charge is 0.463 e. The number of hydrogen-bond acceptors (Lipinski definition) is 4. The zero-order chi connectivity index (χ0) is 12.1. The van der Waals surface area contributed by atoms with Crippen molar-refractivity contribution in [3.05, 3.63) is 0 Å². The Bertz CT molecular complexity index is 262. The van der Waals surface area contributed by atoms with Crippen LogP contribution < -0.4 is 0 Å². The Balaban J connectivity index is 5.17. The normalized spacial score (nSPS) is 14.9. The summed E-state index contributed by atoms with van der Waals surface area (Å²) in [5, 5.41) is 8.63. The molecule has 0 aromatic rings. The minimum absolute atomic E-state index is 0.283. The average molecular weight is 213 g/mol. The van der Waals surface area contributed by atoms with Gasteiger partial charge in [0, 0.05) is 5.41 Å². The van der Waals surface area contributed by atoms with Gasteiger partial charge in [-0.2, -0.15) is 5.26 Å². The van der Waals surface area contributed by atoms with Gasteiger partial charge in [0.15, 0.2) is 0 Å². The third-order valence-corrected chi connectivity index (χ3v) is 2.53. The minimum atomic E-state index is -1.18. The molecule has 0 spiro atoms. The molecule has 0 aromatic carbocycles. The van der Waals surface area contributed by atoms with Crippen molar-refractivity contribution in [2.24, 2.45) is 5.41 Å². The van der Waals surface area contributed by atoms with Crippen LogP contribution in [-0.2, 0) is 14.3 Å². The average Bonchev–Trinajstić information content (AvgIpc) is 2.12. The summed E-state index contributed by atoms with van der Waals surface area (Å²) >= 11 is 0. The van der Waals surface area contributed by atoms with E-state index in [1.54, 1.807) is 20.1 Å². The van der Waals surface area contributed by atoms with E-state index in [0.29, 0.717) is 6.42 Å². The summed E-state index contributed by atoms with van der Waals surface area (Å²) in [7, 11) is 0. The van der Waals surface area contributed by atoms with Crippen LogP contribution in [0.15, 0.2) is 0 Å². The second-order valence-corrected chi connectivity index (χ2v) is 4.34. The molecule has 0 aliphatic rings. The summed E-state index contributed by atoms with van der Waals surface area (Å²) in [5.41, 5.74) is -1.67. The van der Waals surface area contributed by atoms with Gasteiger partial charge in [0.25, 0.3) is 6.26 Å². The molecule has 0 aliphatic carbocycles. The van der Waals surface area contributed by atoms with Gasteiger partial charge in [-0.1, -0.05) is 27.7 Å². The molecule has 0 bridgehead atoms. The van der Waals surface area contributed by atoms with E-state index in [1.807, 2.05) is 20.8 Å². The van der Waals surface area contributed by atoms with Crippen LogP contribution in [-0.4, -0.2) is 18.2 Å². The van der Waals surface area contributed by atoms with Gasteiger partial charge < -0.3 is 9.47 Å². The van der Waals surface area contributed by atoms with Gasteiger partial charge in [-0.25, -0.2) is 4.79 Å². The molecule has 0 rings (SSSR count). The van der Waals surface area contributed by atoms with Crippen LogP contribution in [0, 0.1) is 16.9 Å². The van der Waals surface area contributed by atoms with Crippen molar-refractivity contribution in [2.45, 2.75) is 46.6 Å². The highest BCUT2D eigenvalue weighted by molar-refractivity contribution is 5.80. The SMILES string of the molecule is CCOC(=O)C(CC)(OC#N)C(C)(C)C. The molecule has 0 heterocycles. The van der Waals surface area contributed by atoms with Gasteiger partial charge in [0.2, 0.25) is 5.60 Å². The van der Waals surface area contributed by atoms with E-state index in [0.717, 1.165) is 0 Å². The van der Waals surface area contributed by atoms with Crippen molar-refractivity contribution in [2.75, 3.05) is 6.61 Å². The fourth-order valence-electron chi connectivity index (χ4n) is 1.57. The Morgan fingerprint density at radius 2 is 1.87 bits per heavy atom. The number of ether oxygens (including phenoxy) is 2. The van der Waals surface area contributed by atoms with Crippen LogP contribution in [0.4, 0.5) is 0 Å². The zero-order valence-corrected chi connectivity index (χ0v) is 10.1.